The van der Waals surface area contributed by atoms with Crippen LogP contribution in [0.3, 0.4) is 0 Å². The highest BCUT2D eigenvalue weighted by Gasteiger charge is 2.39. The molecule has 1 aliphatic carbocycles. The van der Waals surface area contributed by atoms with Crippen molar-refractivity contribution in [3.8, 4) is 5.88 Å². The molecule has 2 aliphatic rings. The first-order valence-corrected chi connectivity index (χ1v) is 14.8. The summed E-state index contributed by atoms with van der Waals surface area (Å²) >= 11 is 0. The predicted molar refractivity (Wildman–Crippen MR) is 158 cm³/mol. The van der Waals surface area contributed by atoms with Crippen LogP contribution >= 0.6 is 0 Å². The summed E-state index contributed by atoms with van der Waals surface area (Å²) in [4.78, 5) is 48.0. The Balaban J connectivity index is 1.58. The molecule has 1 fully saturated rings. The molecule has 2 aromatic rings. The third-order valence-corrected chi connectivity index (χ3v) is 8.07. The number of halogens is 1. The molecule has 2 atom stereocenters. The van der Waals surface area contributed by atoms with Crippen molar-refractivity contribution in [1.29, 1.82) is 0 Å². The third kappa shape index (κ3) is 7.38. The first-order valence-electron chi connectivity index (χ1n) is 14.8. The van der Waals surface area contributed by atoms with Crippen LogP contribution < -0.4 is 15.0 Å². The minimum Gasteiger partial charge on any atom is -0.481 e. The smallest absolute Gasteiger partial charge is 0.410 e. The molecule has 0 radical (unpaired) electrons. The van der Waals surface area contributed by atoms with Gasteiger partial charge in [0.15, 0.2) is 0 Å². The summed E-state index contributed by atoms with van der Waals surface area (Å²) in [5.74, 6) is -0.430. The molecule has 42 heavy (non-hydrogen) atoms. The van der Waals surface area contributed by atoms with E-state index < -0.39 is 29.7 Å². The van der Waals surface area contributed by atoms with Crippen LogP contribution in [0.15, 0.2) is 30.3 Å². The molecule has 0 unspecified atom stereocenters. The second kappa shape index (κ2) is 13.1. The minimum atomic E-state index is -0.835. The van der Waals surface area contributed by atoms with Crippen LogP contribution in [0.25, 0.3) is 0 Å². The highest BCUT2D eigenvalue weighted by atomic mass is 19.1. The van der Waals surface area contributed by atoms with Gasteiger partial charge in [0.2, 0.25) is 17.7 Å². The number of fused-ring (bicyclic) bond motifs is 1. The van der Waals surface area contributed by atoms with Crippen molar-refractivity contribution in [1.82, 2.24) is 15.2 Å². The number of hydrogen-bond donors (Lipinski definition) is 1. The van der Waals surface area contributed by atoms with Gasteiger partial charge >= 0.3 is 6.09 Å². The van der Waals surface area contributed by atoms with Crippen molar-refractivity contribution in [2.75, 3.05) is 25.6 Å². The second-order valence-corrected chi connectivity index (χ2v) is 12.3. The SMILES string of the molecule is COc1nc2c(cc1Cc1ccc(F)cc1)N(C(=O)[C@@H](NC(=O)[C@H](C)N(C)C(=O)OC(C)(C)C)C1CCCCC1)CC2. The van der Waals surface area contributed by atoms with Crippen LogP contribution in [0, 0.1) is 11.7 Å². The van der Waals surface area contributed by atoms with Gasteiger partial charge in [0, 0.05) is 32.0 Å². The molecule has 1 saturated carbocycles. The van der Waals surface area contributed by atoms with Crippen molar-refractivity contribution in [3.05, 3.63) is 53.0 Å². The molecule has 1 aromatic heterocycles. The minimum absolute atomic E-state index is 0.0109. The van der Waals surface area contributed by atoms with E-state index in [4.69, 9.17) is 14.5 Å². The number of methoxy groups -OCH3 is 1. The Bertz CT molecular complexity index is 1290. The fraction of sp³-hybridized carbons (Fsp3) is 0.562. The average molecular weight is 583 g/mol. The zero-order valence-electron chi connectivity index (χ0n) is 25.5. The molecule has 0 spiro atoms. The van der Waals surface area contributed by atoms with Crippen molar-refractivity contribution in [3.63, 3.8) is 0 Å². The summed E-state index contributed by atoms with van der Waals surface area (Å²) < 4.78 is 24.5. The third-order valence-electron chi connectivity index (χ3n) is 8.07. The van der Waals surface area contributed by atoms with E-state index in [9.17, 15) is 18.8 Å². The Morgan fingerprint density at radius 2 is 1.81 bits per heavy atom. The number of anilines is 1. The van der Waals surface area contributed by atoms with Gasteiger partial charge < -0.3 is 19.7 Å². The molecule has 1 N–H and O–H groups in total. The standard InChI is InChI=1S/C32H43FN4O5/c1-20(36(5)31(40)42-32(2,3)4)28(38)35-27(22-10-8-7-9-11-22)30(39)37-17-16-25-26(37)19-23(29(34-25)41-6)18-21-12-14-24(33)15-13-21/h12-15,19-20,22,27H,7-11,16-18H2,1-6H3,(H,35,38)/t20-,27-/m0/s1. The van der Waals surface area contributed by atoms with Gasteiger partial charge in [-0.05, 0) is 70.2 Å². The van der Waals surface area contributed by atoms with Gasteiger partial charge in [0.25, 0.3) is 0 Å². The zero-order valence-corrected chi connectivity index (χ0v) is 25.5. The van der Waals surface area contributed by atoms with E-state index in [-0.39, 0.29) is 17.6 Å². The Labute approximate surface area is 247 Å². The number of carbonyl (C=O) groups excluding carboxylic acids is 3. The lowest BCUT2D eigenvalue weighted by Gasteiger charge is -2.34. The summed E-state index contributed by atoms with van der Waals surface area (Å²) in [6.45, 7) is 7.38. The van der Waals surface area contributed by atoms with Gasteiger partial charge in [-0.2, -0.15) is 0 Å². The summed E-state index contributed by atoms with van der Waals surface area (Å²) in [6.07, 6.45) is 5.19. The highest BCUT2D eigenvalue weighted by Crippen LogP contribution is 2.35. The normalized spacial score (nSPS) is 16.8. The Morgan fingerprint density at radius 1 is 1.14 bits per heavy atom. The maximum atomic E-state index is 14.2. The molecule has 1 aromatic carbocycles. The largest absolute Gasteiger partial charge is 0.481 e. The average Bonchev–Trinajstić information content (AvgIpc) is 3.37. The fourth-order valence-corrected chi connectivity index (χ4v) is 5.63. The lowest BCUT2D eigenvalue weighted by molar-refractivity contribution is -0.131. The van der Waals surface area contributed by atoms with E-state index >= 15 is 0 Å². The highest BCUT2D eigenvalue weighted by molar-refractivity contribution is 6.01. The number of carbonyl (C=O) groups is 3. The number of nitrogens with one attached hydrogen (secondary N) is 1. The van der Waals surface area contributed by atoms with Crippen molar-refractivity contribution in [2.24, 2.45) is 5.92 Å². The van der Waals surface area contributed by atoms with Gasteiger partial charge in [0.05, 0.1) is 18.5 Å². The zero-order chi connectivity index (χ0) is 30.6. The maximum absolute atomic E-state index is 14.2. The van der Waals surface area contributed by atoms with Crippen LogP contribution in [0.4, 0.5) is 14.9 Å². The monoisotopic (exact) mass is 582 g/mol. The molecule has 3 amide bonds. The molecule has 228 valence electrons. The number of benzene rings is 1. The summed E-state index contributed by atoms with van der Waals surface area (Å²) in [7, 11) is 3.08. The molecule has 10 heteroatoms. The number of pyridine rings is 1. The Morgan fingerprint density at radius 3 is 2.43 bits per heavy atom. The second-order valence-electron chi connectivity index (χ2n) is 12.3. The topological polar surface area (TPSA) is 101 Å². The maximum Gasteiger partial charge on any atom is 0.410 e. The van der Waals surface area contributed by atoms with E-state index in [2.05, 4.69) is 5.32 Å². The summed E-state index contributed by atoms with van der Waals surface area (Å²) in [5.41, 5.74) is 2.44. The van der Waals surface area contributed by atoms with Crippen LogP contribution in [0.2, 0.25) is 0 Å². The first kappa shape index (κ1) is 31.3. The lowest BCUT2D eigenvalue weighted by atomic mass is 9.83. The summed E-state index contributed by atoms with van der Waals surface area (Å²) in [6, 6.07) is 6.62. The van der Waals surface area contributed by atoms with Gasteiger partial charge in [0.1, 0.15) is 23.5 Å². The van der Waals surface area contributed by atoms with Crippen molar-refractivity contribution in [2.45, 2.75) is 90.3 Å². The van der Waals surface area contributed by atoms with Gasteiger partial charge in [-0.25, -0.2) is 14.2 Å². The Hall–Kier alpha value is -3.69. The molecular weight excluding hydrogens is 539 g/mol. The fourth-order valence-electron chi connectivity index (χ4n) is 5.63. The van der Waals surface area contributed by atoms with Crippen LogP contribution in [-0.4, -0.2) is 66.2 Å². The first-order chi connectivity index (χ1) is 19.9. The van der Waals surface area contributed by atoms with E-state index in [0.29, 0.717) is 31.0 Å². The Kier molecular flexibility index (Phi) is 9.74. The number of aromatic nitrogens is 1. The molecule has 2 heterocycles. The van der Waals surface area contributed by atoms with Crippen LogP contribution in [0.5, 0.6) is 5.88 Å². The number of amides is 3. The molecule has 0 saturated heterocycles. The quantitative estimate of drug-likeness (QED) is 0.469. The molecule has 0 bridgehead atoms. The number of hydrogen-bond acceptors (Lipinski definition) is 6. The van der Waals surface area contributed by atoms with Gasteiger partial charge in [-0.15, -0.1) is 0 Å². The molecule has 1 aliphatic heterocycles. The van der Waals surface area contributed by atoms with E-state index in [0.717, 1.165) is 48.9 Å². The predicted octanol–water partition coefficient (Wildman–Crippen LogP) is 5.03. The molecule has 4 rings (SSSR count). The molecular formula is C32H43FN4O5. The van der Waals surface area contributed by atoms with Crippen LogP contribution in [0.1, 0.15) is 76.6 Å². The van der Waals surface area contributed by atoms with E-state index in [1.807, 2.05) is 6.07 Å². The van der Waals surface area contributed by atoms with Gasteiger partial charge in [-0.1, -0.05) is 31.4 Å². The number of ether oxygens (including phenoxy) is 2. The van der Waals surface area contributed by atoms with Gasteiger partial charge in [-0.3, -0.25) is 14.5 Å². The number of rotatable bonds is 8. The number of likely N-dealkylation sites (N-methyl/N-ethyl adjacent to an activating group) is 1. The van der Waals surface area contributed by atoms with Crippen LogP contribution in [-0.2, 0) is 27.2 Å². The number of nitrogens with zero attached hydrogens (tertiary/aromatic N) is 3. The van der Waals surface area contributed by atoms with Crippen molar-refractivity contribution >= 4 is 23.6 Å². The lowest BCUT2D eigenvalue weighted by Crippen LogP contribution is -2.57. The van der Waals surface area contributed by atoms with E-state index in [1.165, 1.54) is 24.1 Å². The van der Waals surface area contributed by atoms with Crippen molar-refractivity contribution < 1.29 is 28.2 Å². The summed E-state index contributed by atoms with van der Waals surface area (Å²) in [5, 5.41) is 3.01. The van der Waals surface area contributed by atoms with E-state index in [1.54, 1.807) is 51.8 Å². The molecule has 9 nitrogen and oxygen atoms in total.